The van der Waals surface area contributed by atoms with Gasteiger partial charge in [-0.1, -0.05) is 12.1 Å². The van der Waals surface area contributed by atoms with Crippen LogP contribution in [-0.4, -0.2) is 9.97 Å². The number of nitrogens with two attached hydrogens (primary N) is 1. The number of benzene rings is 1. The van der Waals surface area contributed by atoms with Crippen LogP contribution in [0.5, 0.6) is 0 Å². The molecule has 76 valence electrons. The Kier molecular flexibility index (Phi) is 2.58. The van der Waals surface area contributed by atoms with Gasteiger partial charge in [-0.15, -0.1) is 0 Å². The monoisotopic (exact) mass is 203 g/mol. The van der Waals surface area contributed by atoms with Crippen LogP contribution in [0.1, 0.15) is 11.3 Å². The van der Waals surface area contributed by atoms with Crippen LogP contribution >= 0.6 is 0 Å². The molecule has 0 atom stereocenters. The van der Waals surface area contributed by atoms with Gasteiger partial charge in [-0.05, 0) is 17.7 Å². The highest BCUT2D eigenvalue weighted by Crippen LogP contribution is 2.09. The first kappa shape index (κ1) is 9.58. The van der Waals surface area contributed by atoms with Crippen molar-refractivity contribution in [3.63, 3.8) is 0 Å². The smallest absolute Gasteiger partial charge is 0.127 e. The Morgan fingerprint density at radius 3 is 2.53 bits per heavy atom. The molecular weight excluding hydrogens is 193 g/mol. The molecule has 0 unspecified atom stereocenters. The third kappa shape index (κ3) is 2.49. The van der Waals surface area contributed by atoms with Gasteiger partial charge in [-0.25, -0.2) is 14.4 Å². The average Bonchev–Trinajstić information content (AvgIpc) is 2.22. The third-order valence-electron chi connectivity index (χ3n) is 2.04. The quantitative estimate of drug-likeness (QED) is 0.809. The second-order valence-electron chi connectivity index (χ2n) is 3.24. The van der Waals surface area contributed by atoms with E-state index in [9.17, 15) is 4.39 Å². The van der Waals surface area contributed by atoms with E-state index < -0.39 is 0 Å². The van der Waals surface area contributed by atoms with Crippen LogP contribution in [0.2, 0.25) is 0 Å². The zero-order chi connectivity index (χ0) is 10.7. The minimum absolute atomic E-state index is 0.235. The van der Waals surface area contributed by atoms with E-state index in [1.165, 1.54) is 18.5 Å². The number of halogens is 1. The van der Waals surface area contributed by atoms with Crippen molar-refractivity contribution in [1.82, 2.24) is 9.97 Å². The molecule has 2 aromatic rings. The highest BCUT2D eigenvalue weighted by molar-refractivity contribution is 5.31. The van der Waals surface area contributed by atoms with Crippen molar-refractivity contribution >= 4 is 5.82 Å². The lowest BCUT2D eigenvalue weighted by Crippen LogP contribution is -1.97. The minimum Gasteiger partial charge on any atom is -0.384 e. The highest BCUT2D eigenvalue weighted by atomic mass is 19.1. The number of nitrogens with zero attached hydrogens (tertiary/aromatic N) is 2. The molecule has 0 saturated heterocycles. The second-order valence-corrected chi connectivity index (χ2v) is 3.24. The Bertz CT molecular complexity index is 454. The van der Waals surface area contributed by atoms with Gasteiger partial charge in [0.05, 0.1) is 5.69 Å². The van der Waals surface area contributed by atoms with E-state index in [1.807, 2.05) is 0 Å². The summed E-state index contributed by atoms with van der Waals surface area (Å²) in [6.07, 6.45) is 2.06. The maximum absolute atomic E-state index is 12.6. The number of rotatable bonds is 2. The number of aromatic nitrogens is 2. The fourth-order valence-electron chi connectivity index (χ4n) is 1.32. The molecule has 1 aromatic carbocycles. The van der Waals surface area contributed by atoms with Crippen molar-refractivity contribution in [2.24, 2.45) is 0 Å². The van der Waals surface area contributed by atoms with Gasteiger partial charge < -0.3 is 5.73 Å². The first-order valence-electron chi connectivity index (χ1n) is 4.55. The molecule has 0 bridgehead atoms. The Labute approximate surface area is 86.8 Å². The van der Waals surface area contributed by atoms with Crippen LogP contribution in [0, 0.1) is 5.82 Å². The van der Waals surface area contributed by atoms with Gasteiger partial charge in [0.1, 0.15) is 18.0 Å². The van der Waals surface area contributed by atoms with Gasteiger partial charge in [0.15, 0.2) is 0 Å². The Balaban J connectivity index is 2.18. The summed E-state index contributed by atoms with van der Waals surface area (Å²) in [6, 6.07) is 8.03. The molecule has 0 spiro atoms. The number of anilines is 1. The highest BCUT2D eigenvalue weighted by Gasteiger charge is 1.99. The number of hydrogen-bond donors (Lipinski definition) is 1. The molecule has 0 aliphatic carbocycles. The number of hydrogen-bond acceptors (Lipinski definition) is 3. The van der Waals surface area contributed by atoms with E-state index in [0.717, 1.165) is 11.3 Å². The van der Waals surface area contributed by atoms with Gasteiger partial charge >= 0.3 is 0 Å². The van der Waals surface area contributed by atoms with E-state index >= 15 is 0 Å². The first-order valence-corrected chi connectivity index (χ1v) is 4.55. The standard InChI is InChI=1S/C11H10FN3/c12-9-3-1-8(2-4-9)5-10-6-11(13)15-7-14-10/h1-4,6-7H,5H2,(H2,13,14,15). The minimum atomic E-state index is -0.235. The normalized spacial score (nSPS) is 10.2. The summed E-state index contributed by atoms with van der Waals surface area (Å²) in [4.78, 5) is 7.87. The summed E-state index contributed by atoms with van der Waals surface area (Å²) in [6.45, 7) is 0. The lowest BCUT2D eigenvalue weighted by Gasteiger charge is -2.01. The lowest BCUT2D eigenvalue weighted by atomic mass is 10.1. The predicted molar refractivity (Wildman–Crippen MR) is 55.7 cm³/mol. The molecule has 0 aliphatic heterocycles. The van der Waals surface area contributed by atoms with Gasteiger partial charge in [0, 0.05) is 12.5 Å². The molecule has 2 N–H and O–H groups in total. The van der Waals surface area contributed by atoms with E-state index in [0.29, 0.717) is 12.2 Å². The molecule has 0 aliphatic rings. The molecular formula is C11H10FN3. The molecule has 4 heteroatoms. The van der Waals surface area contributed by atoms with Crippen LogP contribution in [0.4, 0.5) is 10.2 Å². The summed E-state index contributed by atoms with van der Waals surface area (Å²) >= 11 is 0. The van der Waals surface area contributed by atoms with E-state index in [4.69, 9.17) is 5.73 Å². The van der Waals surface area contributed by atoms with Crippen LogP contribution in [0.3, 0.4) is 0 Å². The molecule has 3 nitrogen and oxygen atoms in total. The summed E-state index contributed by atoms with van der Waals surface area (Å²) in [7, 11) is 0. The van der Waals surface area contributed by atoms with Crippen LogP contribution < -0.4 is 5.73 Å². The fraction of sp³-hybridized carbons (Fsp3) is 0.0909. The van der Waals surface area contributed by atoms with Crippen LogP contribution in [0.15, 0.2) is 36.7 Å². The van der Waals surface area contributed by atoms with Crippen molar-refractivity contribution in [2.45, 2.75) is 6.42 Å². The zero-order valence-corrected chi connectivity index (χ0v) is 8.02. The van der Waals surface area contributed by atoms with E-state index in [1.54, 1.807) is 18.2 Å². The Morgan fingerprint density at radius 1 is 1.13 bits per heavy atom. The van der Waals surface area contributed by atoms with Gasteiger partial charge in [-0.3, -0.25) is 0 Å². The molecule has 1 heterocycles. The zero-order valence-electron chi connectivity index (χ0n) is 8.02. The maximum atomic E-state index is 12.6. The SMILES string of the molecule is Nc1cc(Cc2ccc(F)cc2)ncn1. The summed E-state index contributed by atoms with van der Waals surface area (Å²) in [5.41, 5.74) is 7.35. The largest absolute Gasteiger partial charge is 0.384 e. The van der Waals surface area contributed by atoms with Crippen molar-refractivity contribution in [2.75, 3.05) is 5.73 Å². The Morgan fingerprint density at radius 2 is 1.87 bits per heavy atom. The molecule has 0 saturated carbocycles. The predicted octanol–water partition coefficient (Wildman–Crippen LogP) is 1.79. The molecule has 1 aromatic heterocycles. The van der Waals surface area contributed by atoms with E-state index in [-0.39, 0.29) is 5.82 Å². The fourth-order valence-corrected chi connectivity index (χ4v) is 1.32. The van der Waals surface area contributed by atoms with Gasteiger partial charge in [-0.2, -0.15) is 0 Å². The molecule has 0 amide bonds. The van der Waals surface area contributed by atoms with Crippen molar-refractivity contribution in [3.8, 4) is 0 Å². The molecule has 2 rings (SSSR count). The molecule has 0 fully saturated rings. The maximum Gasteiger partial charge on any atom is 0.127 e. The van der Waals surface area contributed by atoms with Crippen molar-refractivity contribution in [3.05, 3.63) is 53.7 Å². The summed E-state index contributed by atoms with van der Waals surface area (Å²) in [5.74, 6) is 0.211. The molecule has 0 radical (unpaired) electrons. The summed E-state index contributed by atoms with van der Waals surface area (Å²) < 4.78 is 12.6. The van der Waals surface area contributed by atoms with Crippen LogP contribution in [-0.2, 0) is 6.42 Å². The topological polar surface area (TPSA) is 51.8 Å². The van der Waals surface area contributed by atoms with Gasteiger partial charge in [0.25, 0.3) is 0 Å². The third-order valence-corrected chi connectivity index (χ3v) is 2.04. The number of nitrogen functional groups attached to an aromatic ring is 1. The van der Waals surface area contributed by atoms with E-state index in [2.05, 4.69) is 9.97 Å². The van der Waals surface area contributed by atoms with Gasteiger partial charge in [0.2, 0.25) is 0 Å². The first-order chi connectivity index (χ1) is 7.24. The Hall–Kier alpha value is -1.97. The second kappa shape index (κ2) is 4.04. The van der Waals surface area contributed by atoms with Crippen molar-refractivity contribution in [1.29, 1.82) is 0 Å². The van der Waals surface area contributed by atoms with Crippen molar-refractivity contribution < 1.29 is 4.39 Å². The summed E-state index contributed by atoms with van der Waals surface area (Å²) in [5, 5.41) is 0. The average molecular weight is 203 g/mol. The lowest BCUT2D eigenvalue weighted by molar-refractivity contribution is 0.627. The van der Waals surface area contributed by atoms with Crippen LogP contribution in [0.25, 0.3) is 0 Å². The molecule has 15 heavy (non-hydrogen) atoms.